The van der Waals surface area contributed by atoms with Gasteiger partial charge >= 0.3 is 0 Å². The van der Waals surface area contributed by atoms with Gasteiger partial charge in [0, 0.05) is 12.7 Å². The Hall–Kier alpha value is -0.840. The summed E-state index contributed by atoms with van der Waals surface area (Å²) < 4.78 is 10.1. The average molecular weight is 170 g/mol. The fourth-order valence-electron chi connectivity index (χ4n) is 1.05. The van der Waals surface area contributed by atoms with Crippen LogP contribution in [0.3, 0.4) is 0 Å². The smallest absolute Gasteiger partial charge is 0.101 e. The van der Waals surface area contributed by atoms with Crippen LogP contribution in [0.25, 0.3) is 0 Å². The highest BCUT2D eigenvalue weighted by atomic mass is 16.5. The second-order valence-corrected chi connectivity index (χ2v) is 2.67. The van der Waals surface area contributed by atoms with Crippen LogP contribution in [0, 0.1) is 6.92 Å². The minimum Gasteiger partial charge on any atom is -0.469 e. The fraction of sp³-hybridized carbons (Fsp3) is 0.500. The summed E-state index contributed by atoms with van der Waals surface area (Å²) in [7, 11) is 1.64. The van der Waals surface area contributed by atoms with Crippen LogP contribution in [0.2, 0.25) is 0 Å². The molecule has 1 aromatic rings. The van der Waals surface area contributed by atoms with Gasteiger partial charge in [-0.3, -0.25) is 11.3 Å². The summed E-state index contributed by atoms with van der Waals surface area (Å²) in [6, 6.07) is 1.94. The predicted octanol–water partition coefficient (Wildman–Crippen LogP) is 0.739. The molecule has 4 nitrogen and oxygen atoms in total. The Morgan fingerprint density at radius 2 is 2.50 bits per heavy atom. The van der Waals surface area contributed by atoms with E-state index in [4.69, 9.17) is 15.0 Å². The van der Waals surface area contributed by atoms with Gasteiger partial charge < -0.3 is 9.15 Å². The molecular formula is C8H14N2O2. The Bertz CT molecular complexity index is 235. The van der Waals surface area contributed by atoms with Crippen LogP contribution in [0.1, 0.15) is 17.4 Å². The topological polar surface area (TPSA) is 60.4 Å². The number of nitrogens with two attached hydrogens (primary N) is 1. The lowest BCUT2D eigenvalue weighted by molar-refractivity contribution is 0.167. The molecule has 12 heavy (non-hydrogen) atoms. The monoisotopic (exact) mass is 170 g/mol. The number of aryl methyl sites for hydroxylation is 1. The molecule has 1 aromatic heterocycles. The van der Waals surface area contributed by atoms with Gasteiger partial charge in [0.1, 0.15) is 5.76 Å². The summed E-state index contributed by atoms with van der Waals surface area (Å²) in [6.45, 7) is 2.43. The lowest BCUT2D eigenvalue weighted by Gasteiger charge is -2.11. The van der Waals surface area contributed by atoms with Gasteiger partial charge in [-0.15, -0.1) is 0 Å². The van der Waals surface area contributed by atoms with Crippen molar-refractivity contribution in [1.82, 2.24) is 5.43 Å². The number of nitrogens with one attached hydrogen (secondary N) is 1. The number of furan rings is 1. The third-order valence-corrected chi connectivity index (χ3v) is 1.69. The maximum absolute atomic E-state index is 5.33. The third kappa shape index (κ3) is 2.07. The molecule has 0 aromatic carbocycles. The standard InChI is InChI=1S/C8H14N2O2/c1-6-3-7(4-12-6)8(10-9)5-11-2/h3-4,8,10H,5,9H2,1-2H3. The largest absolute Gasteiger partial charge is 0.469 e. The molecular weight excluding hydrogens is 156 g/mol. The van der Waals surface area contributed by atoms with Gasteiger partial charge in [0.15, 0.2) is 0 Å². The van der Waals surface area contributed by atoms with Gasteiger partial charge in [-0.1, -0.05) is 0 Å². The second-order valence-electron chi connectivity index (χ2n) is 2.67. The van der Waals surface area contributed by atoms with Crippen LogP contribution in [0.4, 0.5) is 0 Å². The van der Waals surface area contributed by atoms with Gasteiger partial charge in [0.2, 0.25) is 0 Å². The maximum atomic E-state index is 5.33. The molecule has 1 unspecified atom stereocenters. The minimum absolute atomic E-state index is 0.00690. The van der Waals surface area contributed by atoms with E-state index in [0.717, 1.165) is 11.3 Å². The molecule has 1 atom stereocenters. The minimum atomic E-state index is 0.00690. The number of hydrogen-bond donors (Lipinski definition) is 2. The zero-order valence-electron chi connectivity index (χ0n) is 7.33. The molecule has 0 aliphatic rings. The molecule has 0 aliphatic carbocycles. The Balaban J connectivity index is 2.66. The predicted molar refractivity (Wildman–Crippen MR) is 45.4 cm³/mol. The Kier molecular flexibility index (Phi) is 3.28. The van der Waals surface area contributed by atoms with E-state index >= 15 is 0 Å². The molecule has 0 aliphatic heterocycles. The molecule has 68 valence electrons. The summed E-state index contributed by atoms with van der Waals surface area (Å²) in [4.78, 5) is 0. The van der Waals surface area contributed by atoms with Crippen molar-refractivity contribution in [3.05, 3.63) is 23.7 Å². The van der Waals surface area contributed by atoms with E-state index in [-0.39, 0.29) is 6.04 Å². The van der Waals surface area contributed by atoms with E-state index < -0.39 is 0 Å². The van der Waals surface area contributed by atoms with E-state index in [9.17, 15) is 0 Å². The van der Waals surface area contributed by atoms with Gasteiger partial charge in [0.05, 0.1) is 18.9 Å². The Labute approximate surface area is 71.7 Å². The van der Waals surface area contributed by atoms with Gasteiger partial charge in [0.25, 0.3) is 0 Å². The molecule has 1 heterocycles. The first-order valence-electron chi connectivity index (χ1n) is 3.78. The number of ether oxygens (including phenoxy) is 1. The van der Waals surface area contributed by atoms with E-state index in [0.29, 0.717) is 6.61 Å². The lowest BCUT2D eigenvalue weighted by Crippen LogP contribution is -2.30. The molecule has 0 bridgehead atoms. The SMILES string of the molecule is COCC(NN)c1coc(C)c1. The second kappa shape index (κ2) is 4.25. The first-order valence-corrected chi connectivity index (χ1v) is 3.78. The number of rotatable bonds is 4. The normalized spacial score (nSPS) is 13.2. The van der Waals surface area contributed by atoms with Crippen molar-refractivity contribution in [3.63, 3.8) is 0 Å². The summed E-state index contributed by atoms with van der Waals surface area (Å²) >= 11 is 0. The van der Waals surface area contributed by atoms with E-state index in [1.807, 2.05) is 13.0 Å². The summed E-state index contributed by atoms with van der Waals surface area (Å²) in [5.41, 5.74) is 3.66. The van der Waals surface area contributed by atoms with Crippen LogP contribution in [0.15, 0.2) is 16.7 Å². The molecule has 0 fully saturated rings. The van der Waals surface area contributed by atoms with Crippen molar-refractivity contribution >= 4 is 0 Å². The average Bonchev–Trinajstić information content (AvgIpc) is 2.47. The van der Waals surface area contributed by atoms with Crippen molar-refractivity contribution in [3.8, 4) is 0 Å². The number of hydrazine groups is 1. The molecule has 4 heteroatoms. The Morgan fingerprint density at radius 1 is 1.75 bits per heavy atom. The summed E-state index contributed by atoms with van der Waals surface area (Å²) in [5, 5.41) is 0. The maximum Gasteiger partial charge on any atom is 0.101 e. The quantitative estimate of drug-likeness (QED) is 0.517. The van der Waals surface area contributed by atoms with Crippen molar-refractivity contribution < 1.29 is 9.15 Å². The number of hydrogen-bond acceptors (Lipinski definition) is 4. The van der Waals surface area contributed by atoms with E-state index in [1.54, 1.807) is 13.4 Å². The van der Waals surface area contributed by atoms with Crippen LogP contribution >= 0.6 is 0 Å². The van der Waals surface area contributed by atoms with Crippen LogP contribution in [-0.2, 0) is 4.74 Å². The van der Waals surface area contributed by atoms with E-state index in [2.05, 4.69) is 5.43 Å². The first kappa shape index (κ1) is 9.25. The van der Waals surface area contributed by atoms with Crippen molar-refractivity contribution in [1.29, 1.82) is 0 Å². The van der Waals surface area contributed by atoms with Gasteiger partial charge in [-0.25, -0.2) is 0 Å². The molecule has 1 rings (SSSR count). The molecule has 0 radical (unpaired) electrons. The summed E-state index contributed by atoms with van der Waals surface area (Å²) in [5.74, 6) is 6.20. The van der Waals surface area contributed by atoms with Crippen molar-refractivity contribution in [2.24, 2.45) is 5.84 Å². The van der Waals surface area contributed by atoms with Crippen molar-refractivity contribution in [2.75, 3.05) is 13.7 Å². The molecule has 0 spiro atoms. The third-order valence-electron chi connectivity index (χ3n) is 1.69. The lowest BCUT2D eigenvalue weighted by atomic mass is 10.1. The molecule has 0 saturated carbocycles. The van der Waals surface area contributed by atoms with Gasteiger partial charge in [-0.05, 0) is 13.0 Å². The van der Waals surface area contributed by atoms with Crippen LogP contribution in [0.5, 0.6) is 0 Å². The van der Waals surface area contributed by atoms with Crippen LogP contribution < -0.4 is 11.3 Å². The summed E-state index contributed by atoms with van der Waals surface area (Å²) in [6.07, 6.45) is 1.68. The van der Waals surface area contributed by atoms with Gasteiger partial charge in [-0.2, -0.15) is 0 Å². The molecule has 0 amide bonds. The zero-order chi connectivity index (χ0) is 8.97. The first-order chi connectivity index (χ1) is 5.77. The fourth-order valence-corrected chi connectivity index (χ4v) is 1.05. The molecule has 0 saturated heterocycles. The Morgan fingerprint density at radius 3 is 2.92 bits per heavy atom. The van der Waals surface area contributed by atoms with Crippen LogP contribution in [-0.4, -0.2) is 13.7 Å². The molecule has 3 N–H and O–H groups in total. The highest BCUT2D eigenvalue weighted by Gasteiger charge is 2.10. The number of methoxy groups -OCH3 is 1. The zero-order valence-corrected chi connectivity index (χ0v) is 7.33. The van der Waals surface area contributed by atoms with Crippen molar-refractivity contribution in [2.45, 2.75) is 13.0 Å². The highest BCUT2D eigenvalue weighted by Crippen LogP contribution is 2.15. The highest BCUT2D eigenvalue weighted by molar-refractivity contribution is 5.16. The van der Waals surface area contributed by atoms with E-state index in [1.165, 1.54) is 0 Å².